The summed E-state index contributed by atoms with van der Waals surface area (Å²) in [7, 11) is 0. The molecule has 0 N–H and O–H groups in total. The molecule has 0 radical (unpaired) electrons. The molecule has 0 bridgehead atoms. The quantitative estimate of drug-likeness (QED) is 0.181. The van der Waals surface area contributed by atoms with Crippen molar-refractivity contribution >= 4 is 17.1 Å². The second-order valence-electron chi connectivity index (χ2n) is 15.1. The van der Waals surface area contributed by atoms with E-state index in [1.54, 1.807) is 0 Å². The van der Waals surface area contributed by atoms with Crippen LogP contribution in [0.2, 0.25) is 0 Å². The number of aromatic nitrogens is 2. The van der Waals surface area contributed by atoms with Crippen molar-refractivity contribution in [1.29, 1.82) is 0 Å². The van der Waals surface area contributed by atoms with Crippen molar-refractivity contribution in [3.05, 3.63) is 198 Å². The van der Waals surface area contributed by atoms with Crippen molar-refractivity contribution in [1.82, 2.24) is 10.2 Å². The third-order valence-corrected chi connectivity index (χ3v) is 11.0. The van der Waals surface area contributed by atoms with Gasteiger partial charge < -0.3 is 9.32 Å². The molecule has 2 aliphatic rings. The van der Waals surface area contributed by atoms with Gasteiger partial charge in [0, 0.05) is 28.2 Å². The lowest BCUT2D eigenvalue weighted by molar-refractivity contribution is 0.582. The molecule has 1 atom stereocenters. The normalized spacial score (nSPS) is 15.2. The van der Waals surface area contributed by atoms with E-state index in [9.17, 15) is 0 Å². The number of hydrogen-bond donors (Lipinski definition) is 0. The van der Waals surface area contributed by atoms with Gasteiger partial charge in [-0.05, 0) is 116 Å². The molecule has 53 heavy (non-hydrogen) atoms. The van der Waals surface area contributed by atoms with Gasteiger partial charge in [-0.2, -0.15) is 0 Å². The molecule has 10 rings (SSSR count). The molecule has 4 heteroatoms. The van der Waals surface area contributed by atoms with Gasteiger partial charge in [0.2, 0.25) is 11.8 Å². The van der Waals surface area contributed by atoms with Crippen LogP contribution in [0.5, 0.6) is 0 Å². The Morgan fingerprint density at radius 1 is 0.434 bits per heavy atom. The van der Waals surface area contributed by atoms with Gasteiger partial charge in [-0.15, -0.1) is 10.2 Å². The molecular formula is C49H37N3O. The molecule has 4 nitrogen and oxygen atoms in total. The first kappa shape index (κ1) is 31.2. The lowest BCUT2D eigenvalue weighted by atomic mass is 9.70. The summed E-state index contributed by atoms with van der Waals surface area (Å²) in [4.78, 5) is 2.35. The van der Waals surface area contributed by atoms with E-state index in [4.69, 9.17) is 4.42 Å². The number of hydrogen-bond acceptors (Lipinski definition) is 4. The second-order valence-corrected chi connectivity index (χ2v) is 15.1. The van der Waals surface area contributed by atoms with Gasteiger partial charge in [0.05, 0.1) is 5.41 Å². The third kappa shape index (κ3) is 4.75. The largest absolute Gasteiger partial charge is 0.416 e. The molecule has 254 valence electrons. The van der Waals surface area contributed by atoms with Crippen LogP contribution in [0, 0.1) is 0 Å². The Labute approximate surface area is 310 Å². The summed E-state index contributed by atoms with van der Waals surface area (Å²) in [5, 5.41) is 9.11. The Morgan fingerprint density at radius 2 is 0.906 bits per heavy atom. The predicted molar refractivity (Wildman–Crippen MR) is 215 cm³/mol. The summed E-state index contributed by atoms with van der Waals surface area (Å²) in [6.07, 6.45) is 0. The van der Waals surface area contributed by atoms with Crippen molar-refractivity contribution in [2.24, 2.45) is 0 Å². The van der Waals surface area contributed by atoms with Crippen LogP contribution in [0.1, 0.15) is 48.6 Å². The number of para-hydroxylation sites is 2. The van der Waals surface area contributed by atoms with Crippen LogP contribution in [-0.2, 0) is 10.8 Å². The SMILES string of the molecule is CC(C)(C)c1ccc(-c2nnc(-c3ccc4c(c3)[C@@]3(c5ccccc5-4)c4ccccc4-c4ccc(N(c5ccccc5)c5ccccc5)cc43)o2)cc1. The molecule has 7 aromatic carbocycles. The number of nitrogens with zero attached hydrogens (tertiary/aromatic N) is 3. The van der Waals surface area contributed by atoms with Gasteiger partial charge in [0.15, 0.2) is 0 Å². The Bertz CT molecular complexity index is 2600. The smallest absolute Gasteiger partial charge is 0.248 e. The fourth-order valence-electron chi connectivity index (χ4n) is 8.57. The molecule has 2 aliphatic carbocycles. The predicted octanol–water partition coefficient (Wildman–Crippen LogP) is 12.5. The topological polar surface area (TPSA) is 42.2 Å². The summed E-state index contributed by atoms with van der Waals surface area (Å²) in [6.45, 7) is 6.66. The molecular weight excluding hydrogens is 647 g/mol. The Morgan fingerprint density at radius 3 is 1.49 bits per heavy atom. The maximum atomic E-state index is 6.43. The molecule has 0 fully saturated rings. The van der Waals surface area contributed by atoms with Crippen molar-refractivity contribution in [3.8, 4) is 45.2 Å². The lowest BCUT2D eigenvalue weighted by Gasteiger charge is -2.32. The fourth-order valence-corrected chi connectivity index (χ4v) is 8.57. The van der Waals surface area contributed by atoms with Gasteiger partial charge in [-0.1, -0.05) is 130 Å². The zero-order chi connectivity index (χ0) is 35.7. The van der Waals surface area contributed by atoms with E-state index in [0.29, 0.717) is 11.8 Å². The first-order chi connectivity index (χ1) is 25.9. The van der Waals surface area contributed by atoms with Gasteiger partial charge in [0.1, 0.15) is 0 Å². The molecule has 0 saturated carbocycles. The van der Waals surface area contributed by atoms with Crippen LogP contribution >= 0.6 is 0 Å². The minimum Gasteiger partial charge on any atom is -0.416 e. The van der Waals surface area contributed by atoms with Crippen molar-refractivity contribution < 1.29 is 4.42 Å². The van der Waals surface area contributed by atoms with E-state index in [2.05, 4.69) is 206 Å². The zero-order valence-electron chi connectivity index (χ0n) is 29.9. The van der Waals surface area contributed by atoms with Crippen LogP contribution in [0.3, 0.4) is 0 Å². The molecule has 0 saturated heterocycles. The number of anilines is 3. The second kappa shape index (κ2) is 11.8. The number of benzene rings is 7. The third-order valence-electron chi connectivity index (χ3n) is 11.0. The first-order valence-electron chi connectivity index (χ1n) is 18.2. The molecule has 8 aromatic rings. The number of fused-ring (bicyclic) bond motifs is 10. The highest BCUT2D eigenvalue weighted by Crippen LogP contribution is 2.63. The maximum Gasteiger partial charge on any atom is 0.248 e. The average Bonchev–Trinajstić information content (AvgIpc) is 3.89. The van der Waals surface area contributed by atoms with Crippen LogP contribution < -0.4 is 4.90 Å². The van der Waals surface area contributed by atoms with Gasteiger partial charge in [0.25, 0.3) is 0 Å². The van der Waals surface area contributed by atoms with Crippen LogP contribution in [0.15, 0.2) is 174 Å². The minimum atomic E-state index is -0.547. The van der Waals surface area contributed by atoms with E-state index in [-0.39, 0.29) is 5.41 Å². The standard InChI is InChI=1S/C49H37N3O/c1-48(2,3)34-25-22-32(23-26-34)46-50-51-47(53-46)33-24-28-40-38-18-10-12-20-42(38)49(44(40)30-33)43-21-13-11-19-39(43)41-29-27-37(31-45(41)49)52(35-14-6-4-7-15-35)36-16-8-5-9-17-36/h4-31H,1-3H3/t49-/m1/s1. The molecule has 1 aromatic heterocycles. The van der Waals surface area contributed by atoms with E-state index in [0.717, 1.165) is 28.2 Å². The van der Waals surface area contributed by atoms with Gasteiger partial charge in [-0.3, -0.25) is 0 Å². The van der Waals surface area contributed by atoms with E-state index < -0.39 is 5.41 Å². The summed E-state index contributed by atoms with van der Waals surface area (Å²) in [6, 6.07) is 61.2. The minimum absolute atomic E-state index is 0.0656. The summed E-state index contributed by atoms with van der Waals surface area (Å²) < 4.78 is 6.43. The maximum absolute atomic E-state index is 6.43. The summed E-state index contributed by atoms with van der Waals surface area (Å²) in [5.41, 5.74) is 15.9. The fraction of sp³-hybridized carbons (Fsp3) is 0.102. The van der Waals surface area contributed by atoms with E-state index >= 15 is 0 Å². The highest BCUT2D eigenvalue weighted by Gasteiger charge is 2.52. The molecule has 0 unspecified atom stereocenters. The number of rotatable bonds is 5. The van der Waals surface area contributed by atoms with Crippen molar-refractivity contribution in [3.63, 3.8) is 0 Å². The van der Waals surface area contributed by atoms with Gasteiger partial charge >= 0.3 is 0 Å². The Kier molecular flexibility index (Phi) is 6.93. The van der Waals surface area contributed by atoms with E-state index in [1.807, 2.05) is 0 Å². The van der Waals surface area contributed by atoms with Gasteiger partial charge in [-0.25, -0.2) is 0 Å². The average molecular weight is 684 g/mol. The lowest BCUT2D eigenvalue weighted by Crippen LogP contribution is -2.26. The Hall–Kier alpha value is -6.52. The Balaban J connectivity index is 1.17. The molecule has 1 heterocycles. The zero-order valence-corrected chi connectivity index (χ0v) is 29.9. The van der Waals surface area contributed by atoms with Crippen molar-refractivity contribution in [2.75, 3.05) is 4.90 Å². The van der Waals surface area contributed by atoms with Crippen LogP contribution in [0.4, 0.5) is 17.1 Å². The first-order valence-corrected chi connectivity index (χ1v) is 18.2. The van der Waals surface area contributed by atoms with Crippen LogP contribution in [0.25, 0.3) is 45.2 Å². The highest BCUT2D eigenvalue weighted by molar-refractivity contribution is 5.97. The van der Waals surface area contributed by atoms with E-state index in [1.165, 1.54) is 50.1 Å². The highest BCUT2D eigenvalue weighted by atomic mass is 16.4. The monoisotopic (exact) mass is 683 g/mol. The summed E-state index contributed by atoms with van der Waals surface area (Å²) >= 11 is 0. The molecule has 0 amide bonds. The molecule has 1 spiro atoms. The van der Waals surface area contributed by atoms with Crippen molar-refractivity contribution in [2.45, 2.75) is 31.6 Å². The molecule has 0 aliphatic heterocycles. The summed E-state index contributed by atoms with van der Waals surface area (Å²) in [5.74, 6) is 1.02. The van der Waals surface area contributed by atoms with Crippen LogP contribution in [-0.4, -0.2) is 10.2 Å².